The number of rotatable bonds is 8. The lowest BCUT2D eigenvalue weighted by molar-refractivity contribution is -0.139. The summed E-state index contributed by atoms with van der Waals surface area (Å²) in [4.78, 5) is 14.6. The van der Waals surface area contributed by atoms with Crippen molar-refractivity contribution in [3.8, 4) is 0 Å². The number of unbranched alkanes of at least 4 members (excludes halogenated alkanes) is 1. The molecule has 0 radical (unpaired) electrons. The molecule has 2 aliphatic rings. The summed E-state index contributed by atoms with van der Waals surface area (Å²) < 4.78 is 5.92. The quantitative estimate of drug-likeness (QED) is 0.672. The zero-order valence-corrected chi connectivity index (χ0v) is 15.2. The van der Waals surface area contributed by atoms with E-state index in [0.717, 1.165) is 44.7 Å². The first kappa shape index (κ1) is 18.1. The Morgan fingerprint density at radius 2 is 2.00 bits per heavy atom. The Morgan fingerprint density at radius 1 is 1.23 bits per heavy atom. The molecule has 1 aliphatic heterocycles. The summed E-state index contributed by atoms with van der Waals surface area (Å²) in [5, 5.41) is 0.649. The molecule has 128 valence electrons. The number of hydrogen-bond donors (Lipinski definition) is 0. The van der Waals surface area contributed by atoms with Crippen molar-refractivity contribution in [1.29, 1.82) is 0 Å². The topological polar surface area (TPSA) is 29.5 Å². The summed E-state index contributed by atoms with van der Waals surface area (Å²) in [5.74, 6) is 2.30. The van der Waals surface area contributed by atoms with Crippen molar-refractivity contribution in [3.63, 3.8) is 0 Å². The van der Waals surface area contributed by atoms with Crippen molar-refractivity contribution < 1.29 is 9.53 Å². The lowest BCUT2D eigenvalue weighted by Crippen LogP contribution is -2.40. The van der Waals surface area contributed by atoms with E-state index in [4.69, 9.17) is 4.74 Å². The van der Waals surface area contributed by atoms with E-state index >= 15 is 0 Å². The van der Waals surface area contributed by atoms with Crippen LogP contribution in [0.2, 0.25) is 0 Å². The highest BCUT2D eigenvalue weighted by Gasteiger charge is 2.24. The number of hydrogen-bond acceptors (Lipinski definition) is 3. The van der Waals surface area contributed by atoms with Gasteiger partial charge in [-0.3, -0.25) is 4.79 Å². The molecule has 0 spiro atoms. The average molecular weight is 328 g/mol. The van der Waals surface area contributed by atoms with Gasteiger partial charge in [0.2, 0.25) is 5.91 Å². The van der Waals surface area contributed by atoms with Crippen LogP contribution in [0.1, 0.15) is 65.2 Å². The first-order valence-corrected chi connectivity index (χ1v) is 10.2. The average Bonchev–Trinajstić information content (AvgIpc) is 3.03. The van der Waals surface area contributed by atoms with Crippen LogP contribution in [-0.4, -0.2) is 47.6 Å². The molecule has 0 aromatic rings. The summed E-state index contributed by atoms with van der Waals surface area (Å²) >= 11 is 2.03. The number of nitrogens with zero attached hydrogens (tertiary/aromatic N) is 1. The van der Waals surface area contributed by atoms with E-state index in [2.05, 4.69) is 18.7 Å². The third kappa shape index (κ3) is 6.11. The standard InChI is InChI=1S/C18H33NO2S/c1-3-4-11-19(13-17-6-5-12-22-17)18(20)14-21-16-9-7-15(2)8-10-16/h15-17H,3-14H2,1-2H3. The van der Waals surface area contributed by atoms with Crippen LogP contribution >= 0.6 is 11.8 Å². The molecule has 0 aromatic carbocycles. The normalized spacial score (nSPS) is 28.7. The van der Waals surface area contributed by atoms with Crippen molar-refractivity contribution in [3.05, 3.63) is 0 Å². The van der Waals surface area contributed by atoms with E-state index in [1.807, 2.05) is 11.8 Å². The van der Waals surface area contributed by atoms with Crippen molar-refractivity contribution in [2.24, 2.45) is 5.92 Å². The maximum atomic E-state index is 12.5. The molecule has 0 bridgehead atoms. The van der Waals surface area contributed by atoms with E-state index < -0.39 is 0 Å². The minimum atomic E-state index is 0.208. The minimum absolute atomic E-state index is 0.208. The zero-order chi connectivity index (χ0) is 15.8. The van der Waals surface area contributed by atoms with Gasteiger partial charge in [0.25, 0.3) is 0 Å². The summed E-state index contributed by atoms with van der Waals surface area (Å²) in [5.41, 5.74) is 0. The van der Waals surface area contributed by atoms with E-state index in [1.54, 1.807) is 0 Å². The molecule has 0 aromatic heterocycles. The molecule has 1 atom stereocenters. The predicted octanol–water partition coefficient (Wildman–Crippen LogP) is 4.11. The molecule has 1 amide bonds. The molecule has 1 unspecified atom stereocenters. The highest BCUT2D eigenvalue weighted by atomic mass is 32.2. The fourth-order valence-corrected chi connectivity index (χ4v) is 4.66. The van der Waals surface area contributed by atoms with Crippen LogP contribution < -0.4 is 0 Å². The maximum Gasteiger partial charge on any atom is 0.248 e. The molecule has 1 heterocycles. The fourth-order valence-electron chi connectivity index (χ4n) is 3.38. The Labute approximate surface area is 140 Å². The monoisotopic (exact) mass is 327 g/mol. The smallest absolute Gasteiger partial charge is 0.248 e. The largest absolute Gasteiger partial charge is 0.368 e. The van der Waals surface area contributed by atoms with Crippen LogP contribution in [0, 0.1) is 5.92 Å². The predicted molar refractivity (Wildman–Crippen MR) is 94.3 cm³/mol. The summed E-state index contributed by atoms with van der Waals surface area (Å²) in [7, 11) is 0. The van der Waals surface area contributed by atoms with Crippen LogP contribution in [0.4, 0.5) is 0 Å². The molecule has 1 aliphatic carbocycles. The van der Waals surface area contributed by atoms with Gasteiger partial charge in [-0.1, -0.05) is 20.3 Å². The Bertz CT molecular complexity index is 323. The van der Waals surface area contributed by atoms with E-state index in [9.17, 15) is 4.79 Å². The number of carbonyl (C=O) groups is 1. The molecule has 1 saturated carbocycles. The molecule has 2 fully saturated rings. The Hall–Kier alpha value is -0.220. The third-order valence-corrected chi connectivity index (χ3v) is 6.37. The van der Waals surface area contributed by atoms with Crippen molar-refractivity contribution in [2.45, 2.75) is 76.6 Å². The lowest BCUT2D eigenvalue weighted by atomic mass is 9.89. The molecule has 22 heavy (non-hydrogen) atoms. The second-order valence-corrected chi connectivity index (χ2v) is 8.43. The number of amides is 1. The van der Waals surface area contributed by atoms with Gasteiger partial charge in [-0.25, -0.2) is 0 Å². The molecule has 3 nitrogen and oxygen atoms in total. The van der Waals surface area contributed by atoms with Crippen molar-refractivity contribution in [1.82, 2.24) is 4.90 Å². The highest BCUT2D eigenvalue weighted by molar-refractivity contribution is 8.00. The van der Waals surface area contributed by atoms with Gasteiger partial charge in [0.05, 0.1) is 6.10 Å². The van der Waals surface area contributed by atoms with Gasteiger partial charge >= 0.3 is 0 Å². The van der Waals surface area contributed by atoms with Crippen LogP contribution in [0.5, 0.6) is 0 Å². The third-order valence-electron chi connectivity index (χ3n) is 4.99. The van der Waals surface area contributed by atoms with Gasteiger partial charge in [0, 0.05) is 18.3 Å². The van der Waals surface area contributed by atoms with Gasteiger partial charge in [-0.15, -0.1) is 0 Å². The number of ether oxygens (including phenoxy) is 1. The Balaban J connectivity index is 1.74. The summed E-state index contributed by atoms with van der Waals surface area (Å²) in [6.07, 6.45) is 9.88. The molecule has 4 heteroatoms. The van der Waals surface area contributed by atoms with Crippen molar-refractivity contribution >= 4 is 17.7 Å². The van der Waals surface area contributed by atoms with Gasteiger partial charge < -0.3 is 9.64 Å². The zero-order valence-electron chi connectivity index (χ0n) is 14.4. The second-order valence-electron chi connectivity index (χ2n) is 7.02. The summed E-state index contributed by atoms with van der Waals surface area (Å²) in [6.45, 7) is 6.62. The SMILES string of the molecule is CCCCN(CC1CCCS1)C(=O)COC1CCC(C)CC1. The molecular weight excluding hydrogens is 294 g/mol. The molecule has 2 rings (SSSR count). The van der Waals surface area contributed by atoms with E-state index in [-0.39, 0.29) is 5.91 Å². The van der Waals surface area contributed by atoms with Crippen LogP contribution in [0.25, 0.3) is 0 Å². The van der Waals surface area contributed by atoms with E-state index in [1.165, 1.54) is 31.4 Å². The van der Waals surface area contributed by atoms with E-state index in [0.29, 0.717) is 18.0 Å². The van der Waals surface area contributed by atoms with Gasteiger partial charge in [-0.05, 0) is 56.6 Å². The number of thioether (sulfide) groups is 1. The van der Waals surface area contributed by atoms with Crippen LogP contribution in [-0.2, 0) is 9.53 Å². The van der Waals surface area contributed by atoms with Gasteiger partial charge in [0.1, 0.15) is 6.61 Å². The Morgan fingerprint density at radius 3 is 2.64 bits per heavy atom. The maximum absolute atomic E-state index is 12.5. The van der Waals surface area contributed by atoms with Gasteiger partial charge in [0.15, 0.2) is 0 Å². The van der Waals surface area contributed by atoms with Crippen LogP contribution in [0.3, 0.4) is 0 Å². The van der Waals surface area contributed by atoms with Crippen LogP contribution in [0.15, 0.2) is 0 Å². The Kier molecular flexibility index (Phi) is 8.09. The first-order valence-electron chi connectivity index (χ1n) is 9.20. The van der Waals surface area contributed by atoms with Gasteiger partial charge in [-0.2, -0.15) is 11.8 Å². The van der Waals surface area contributed by atoms with Crippen molar-refractivity contribution in [2.75, 3.05) is 25.4 Å². The highest BCUT2D eigenvalue weighted by Crippen LogP contribution is 2.27. The molecule has 1 saturated heterocycles. The second kappa shape index (κ2) is 9.82. The minimum Gasteiger partial charge on any atom is -0.368 e. The summed E-state index contributed by atoms with van der Waals surface area (Å²) in [6, 6.07) is 0. The number of carbonyl (C=O) groups excluding carboxylic acids is 1. The molecule has 0 N–H and O–H groups in total. The lowest BCUT2D eigenvalue weighted by Gasteiger charge is -2.29. The molecular formula is C18H33NO2S. The first-order chi connectivity index (χ1) is 10.7. The fraction of sp³-hybridized carbons (Fsp3) is 0.944.